The summed E-state index contributed by atoms with van der Waals surface area (Å²) >= 11 is 5.62. The number of hydrogen-bond donors (Lipinski definition) is 1. The first-order valence-corrected chi connectivity index (χ1v) is 5.17. The maximum Gasteiger partial charge on any atom is 0.243 e. The molecule has 1 N–H and O–H groups in total. The van der Waals surface area contributed by atoms with Crippen LogP contribution in [0.25, 0.3) is 0 Å². The Kier molecular flexibility index (Phi) is 4.07. The second-order valence-electron chi connectivity index (χ2n) is 3.33. The second-order valence-corrected chi connectivity index (χ2v) is 3.71. The van der Waals surface area contributed by atoms with E-state index in [1.54, 1.807) is 0 Å². The van der Waals surface area contributed by atoms with Crippen molar-refractivity contribution >= 4 is 17.5 Å². The van der Waals surface area contributed by atoms with Crippen LogP contribution in [0.2, 0.25) is 0 Å². The SMILES string of the molecule is Cc1nnc(NC(C)CCCl)nc1C. The highest BCUT2D eigenvalue weighted by Crippen LogP contribution is 2.05. The van der Waals surface area contributed by atoms with Gasteiger partial charge in [-0.1, -0.05) is 0 Å². The van der Waals surface area contributed by atoms with Crippen molar-refractivity contribution in [2.45, 2.75) is 33.2 Å². The molecule has 0 fully saturated rings. The summed E-state index contributed by atoms with van der Waals surface area (Å²) < 4.78 is 0. The van der Waals surface area contributed by atoms with E-state index in [0.29, 0.717) is 11.8 Å². The van der Waals surface area contributed by atoms with E-state index in [2.05, 4.69) is 20.5 Å². The Morgan fingerprint density at radius 3 is 2.57 bits per heavy atom. The first kappa shape index (κ1) is 11.2. The van der Waals surface area contributed by atoms with Crippen LogP contribution in [0.4, 0.5) is 5.95 Å². The fourth-order valence-corrected chi connectivity index (χ4v) is 1.30. The Bertz CT molecular complexity index is 303. The van der Waals surface area contributed by atoms with Gasteiger partial charge in [0.05, 0.1) is 11.4 Å². The van der Waals surface area contributed by atoms with Crippen LogP contribution in [0.3, 0.4) is 0 Å². The minimum absolute atomic E-state index is 0.274. The molecule has 78 valence electrons. The Balaban J connectivity index is 2.63. The van der Waals surface area contributed by atoms with Gasteiger partial charge in [-0.2, -0.15) is 5.10 Å². The van der Waals surface area contributed by atoms with Gasteiger partial charge in [-0.3, -0.25) is 0 Å². The third-order valence-electron chi connectivity index (χ3n) is 2.01. The van der Waals surface area contributed by atoms with Crippen LogP contribution in [-0.2, 0) is 0 Å². The van der Waals surface area contributed by atoms with Crippen LogP contribution in [0.15, 0.2) is 0 Å². The Morgan fingerprint density at radius 2 is 2.00 bits per heavy atom. The zero-order valence-corrected chi connectivity index (χ0v) is 9.47. The molecule has 1 aromatic rings. The normalized spacial score (nSPS) is 12.6. The van der Waals surface area contributed by atoms with Gasteiger partial charge in [0.1, 0.15) is 0 Å². The van der Waals surface area contributed by atoms with E-state index in [4.69, 9.17) is 11.6 Å². The first-order valence-electron chi connectivity index (χ1n) is 4.64. The summed E-state index contributed by atoms with van der Waals surface area (Å²) in [5.41, 5.74) is 1.76. The Labute approximate surface area is 89.1 Å². The van der Waals surface area contributed by atoms with Gasteiger partial charge in [0.2, 0.25) is 5.95 Å². The molecule has 0 aromatic carbocycles. The van der Waals surface area contributed by atoms with E-state index in [0.717, 1.165) is 17.8 Å². The van der Waals surface area contributed by atoms with Crippen molar-refractivity contribution in [3.63, 3.8) is 0 Å². The highest BCUT2D eigenvalue weighted by atomic mass is 35.5. The molecule has 4 nitrogen and oxygen atoms in total. The molecule has 0 bridgehead atoms. The standard InChI is InChI=1S/C9H15ClN4/c1-6(4-5-10)11-9-12-7(2)8(3)13-14-9/h6H,4-5H2,1-3H3,(H,11,12,14). The molecule has 1 aromatic heterocycles. The summed E-state index contributed by atoms with van der Waals surface area (Å²) in [5.74, 6) is 1.21. The van der Waals surface area contributed by atoms with Crippen molar-refractivity contribution in [2.75, 3.05) is 11.2 Å². The van der Waals surface area contributed by atoms with Gasteiger partial charge >= 0.3 is 0 Å². The average Bonchev–Trinajstić information content (AvgIpc) is 2.12. The fourth-order valence-electron chi connectivity index (χ4n) is 0.974. The molecular weight excluding hydrogens is 200 g/mol. The van der Waals surface area contributed by atoms with Gasteiger partial charge in [-0.25, -0.2) is 4.98 Å². The van der Waals surface area contributed by atoms with Gasteiger partial charge in [0.15, 0.2) is 0 Å². The van der Waals surface area contributed by atoms with Crippen LogP contribution in [0.1, 0.15) is 24.7 Å². The summed E-state index contributed by atoms with van der Waals surface area (Å²) in [6, 6.07) is 0.274. The Hall–Kier alpha value is -0.900. The number of hydrogen-bond acceptors (Lipinski definition) is 4. The summed E-state index contributed by atoms with van der Waals surface area (Å²) in [7, 11) is 0. The molecule has 1 heterocycles. The lowest BCUT2D eigenvalue weighted by Crippen LogP contribution is -2.18. The van der Waals surface area contributed by atoms with Gasteiger partial charge in [-0.05, 0) is 27.2 Å². The fraction of sp³-hybridized carbons (Fsp3) is 0.667. The molecule has 0 aliphatic carbocycles. The van der Waals surface area contributed by atoms with Gasteiger partial charge in [0.25, 0.3) is 0 Å². The number of aromatic nitrogens is 3. The molecule has 14 heavy (non-hydrogen) atoms. The highest BCUT2D eigenvalue weighted by molar-refractivity contribution is 6.17. The minimum atomic E-state index is 0.274. The molecule has 0 radical (unpaired) electrons. The molecule has 0 aliphatic rings. The Morgan fingerprint density at radius 1 is 1.29 bits per heavy atom. The lowest BCUT2D eigenvalue weighted by molar-refractivity contribution is 0.745. The average molecular weight is 215 g/mol. The minimum Gasteiger partial charge on any atom is -0.350 e. The van der Waals surface area contributed by atoms with E-state index in [1.807, 2.05) is 20.8 Å². The molecule has 0 saturated heterocycles. The van der Waals surface area contributed by atoms with Crippen molar-refractivity contribution in [3.8, 4) is 0 Å². The molecule has 1 unspecified atom stereocenters. The molecule has 0 saturated carbocycles. The highest BCUT2D eigenvalue weighted by Gasteiger charge is 2.05. The number of alkyl halides is 1. The smallest absolute Gasteiger partial charge is 0.243 e. The number of aryl methyl sites for hydroxylation is 2. The third kappa shape index (κ3) is 3.10. The lowest BCUT2D eigenvalue weighted by atomic mass is 10.3. The topological polar surface area (TPSA) is 50.7 Å². The number of nitrogens with one attached hydrogen (secondary N) is 1. The summed E-state index contributed by atoms with van der Waals surface area (Å²) in [6.07, 6.45) is 0.887. The van der Waals surface area contributed by atoms with Crippen molar-refractivity contribution in [2.24, 2.45) is 0 Å². The van der Waals surface area contributed by atoms with E-state index < -0.39 is 0 Å². The number of halogens is 1. The summed E-state index contributed by atoms with van der Waals surface area (Å²) in [5, 5.41) is 11.1. The lowest BCUT2D eigenvalue weighted by Gasteiger charge is -2.11. The molecule has 0 aliphatic heterocycles. The van der Waals surface area contributed by atoms with Gasteiger partial charge in [-0.15, -0.1) is 16.7 Å². The van der Waals surface area contributed by atoms with Crippen molar-refractivity contribution in [1.82, 2.24) is 15.2 Å². The van der Waals surface area contributed by atoms with E-state index in [-0.39, 0.29) is 6.04 Å². The van der Waals surface area contributed by atoms with E-state index in [1.165, 1.54) is 0 Å². The van der Waals surface area contributed by atoms with Crippen LogP contribution >= 0.6 is 11.6 Å². The number of rotatable bonds is 4. The van der Waals surface area contributed by atoms with Gasteiger partial charge < -0.3 is 5.32 Å². The zero-order chi connectivity index (χ0) is 10.6. The van der Waals surface area contributed by atoms with Crippen molar-refractivity contribution in [3.05, 3.63) is 11.4 Å². The number of anilines is 1. The molecule has 5 heteroatoms. The predicted octanol–water partition coefficient (Wildman–Crippen LogP) is 1.92. The summed E-state index contributed by atoms with van der Waals surface area (Å²) in [4.78, 5) is 4.27. The largest absolute Gasteiger partial charge is 0.350 e. The molecule has 1 atom stereocenters. The van der Waals surface area contributed by atoms with Crippen LogP contribution in [0, 0.1) is 13.8 Å². The van der Waals surface area contributed by atoms with E-state index in [9.17, 15) is 0 Å². The summed E-state index contributed by atoms with van der Waals surface area (Å²) in [6.45, 7) is 5.85. The molecule has 1 rings (SSSR count). The first-order chi connectivity index (χ1) is 6.63. The quantitative estimate of drug-likeness (QED) is 0.779. The third-order valence-corrected chi connectivity index (χ3v) is 2.23. The van der Waals surface area contributed by atoms with Crippen molar-refractivity contribution in [1.29, 1.82) is 0 Å². The number of nitrogens with zero attached hydrogens (tertiary/aromatic N) is 3. The van der Waals surface area contributed by atoms with Crippen LogP contribution in [0.5, 0.6) is 0 Å². The maximum absolute atomic E-state index is 5.62. The van der Waals surface area contributed by atoms with Crippen LogP contribution in [-0.4, -0.2) is 27.1 Å². The van der Waals surface area contributed by atoms with Crippen LogP contribution < -0.4 is 5.32 Å². The molecular formula is C9H15ClN4. The van der Waals surface area contributed by atoms with Crippen molar-refractivity contribution < 1.29 is 0 Å². The molecule has 0 amide bonds. The molecule has 0 spiro atoms. The second kappa shape index (κ2) is 5.10. The zero-order valence-electron chi connectivity index (χ0n) is 8.71. The monoisotopic (exact) mass is 214 g/mol. The van der Waals surface area contributed by atoms with E-state index >= 15 is 0 Å². The van der Waals surface area contributed by atoms with Gasteiger partial charge in [0, 0.05) is 11.9 Å². The predicted molar refractivity (Wildman–Crippen MR) is 57.7 cm³/mol. The maximum atomic E-state index is 5.62.